The van der Waals surface area contributed by atoms with E-state index in [1.165, 1.54) is 19.6 Å². The van der Waals surface area contributed by atoms with Crippen LogP contribution in [-0.2, 0) is 27.1 Å². The first kappa shape index (κ1) is 26.9. The van der Waals surface area contributed by atoms with Crippen LogP contribution in [0.25, 0.3) is 0 Å². The average molecular weight is 479 g/mol. The predicted molar refractivity (Wildman–Crippen MR) is 128 cm³/mol. The van der Waals surface area contributed by atoms with Crippen LogP contribution in [0.15, 0.2) is 18.2 Å². The van der Waals surface area contributed by atoms with E-state index in [4.69, 9.17) is 9.47 Å². The number of esters is 1. The quantitative estimate of drug-likeness (QED) is 0.227. The minimum Gasteiger partial charge on any atom is -0.488 e. The SMILES string of the molecule is CCCCC[C@@H](O)CC[C@@H]1[C@H]2Cc3cccc(OCC(O)O[C@H](C)C(=O)OC)c3C[C@H]2C[C@H]1O. The van der Waals surface area contributed by atoms with Crippen molar-refractivity contribution in [1.29, 1.82) is 0 Å². The van der Waals surface area contributed by atoms with Crippen molar-refractivity contribution in [3.05, 3.63) is 29.3 Å². The minimum absolute atomic E-state index is 0.0902. The second-order valence-electron chi connectivity index (χ2n) is 9.99. The van der Waals surface area contributed by atoms with Crippen LogP contribution in [0, 0.1) is 17.8 Å². The molecule has 7 nitrogen and oxygen atoms in total. The third kappa shape index (κ3) is 6.94. The molecule has 7 heteroatoms. The molecule has 0 saturated heterocycles. The van der Waals surface area contributed by atoms with Gasteiger partial charge in [-0.05, 0) is 80.4 Å². The molecule has 2 aliphatic carbocycles. The molecule has 7 atom stereocenters. The fourth-order valence-corrected chi connectivity index (χ4v) is 5.76. The maximum absolute atomic E-state index is 11.5. The van der Waals surface area contributed by atoms with Crippen molar-refractivity contribution in [2.24, 2.45) is 17.8 Å². The summed E-state index contributed by atoms with van der Waals surface area (Å²) in [4.78, 5) is 11.5. The number of hydrogen-bond donors (Lipinski definition) is 3. The van der Waals surface area contributed by atoms with Crippen molar-refractivity contribution in [1.82, 2.24) is 0 Å². The lowest BCUT2D eigenvalue weighted by Crippen LogP contribution is -2.31. The Morgan fingerprint density at radius 1 is 1.18 bits per heavy atom. The van der Waals surface area contributed by atoms with E-state index in [0.717, 1.165) is 63.4 Å². The average Bonchev–Trinajstić information content (AvgIpc) is 3.13. The molecule has 1 fully saturated rings. The van der Waals surface area contributed by atoms with E-state index in [1.807, 2.05) is 12.1 Å². The first-order valence-electron chi connectivity index (χ1n) is 12.8. The number of carbonyl (C=O) groups is 1. The first-order chi connectivity index (χ1) is 16.3. The molecule has 1 aromatic carbocycles. The molecule has 2 aliphatic rings. The summed E-state index contributed by atoms with van der Waals surface area (Å²) in [6.07, 6.45) is 5.62. The van der Waals surface area contributed by atoms with Crippen LogP contribution in [0.4, 0.5) is 0 Å². The van der Waals surface area contributed by atoms with Gasteiger partial charge in [0.25, 0.3) is 0 Å². The van der Waals surface area contributed by atoms with Gasteiger partial charge in [0.1, 0.15) is 12.4 Å². The molecule has 0 radical (unpaired) electrons. The molecule has 1 saturated carbocycles. The third-order valence-electron chi connectivity index (χ3n) is 7.60. The van der Waals surface area contributed by atoms with Gasteiger partial charge < -0.3 is 29.5 Å². The molecular formula is C27H42O7. The number of hydrogen-bond acceptors (Lipinski definition) is 7. The molecule has 3 rings (SSSR count). The van der Waals surface area contributed by atoms with Crippen molar-refractivity contribution in [2.75, 3.05) is 13.7 Å². The lowest BCUT2D eigenvalue weighted by Gasteiger charge is -2.32. The summed E-state index contributed by atoms with van der Waals surface area (Å²) >= 11 is 0. The van der Waals surface area contributed by atoms with E-state index in [2.05, 4.69) is 17.7 Å². The highest BCUT2D eigenvalue weighted by Gasteiger charge is 2.44. The number of methoxy groups -OCH3 is 1. The first-order valence-corrected chi connectivity index (χ1v) is 12.8. The van der Waals surface area contributed by atoms with Crippen molar-refractivity contribution >= 4 is 5.97 Å². The van der Waals surface area contributed by atoms with Gasteiger partial charge in [-0.3, -0.25) is 0 Å². The van der Waals surface area contributed by atoms with Gasteiger partial charge >= 0.3 is 5.97 Å². The van der Waals surface area contributed by atoms with Crippen molar-refractivity contribution in [2.45, 2.75) is 96.2 Å². The van der Waals surface area contributed by atoms with Crippen LogP contribution in [0.3, 0.4) is 0 Å². The highest BCUT2D eigenvalue weighted by atomic mass is 16.6. The Morgan fingerprint density at radius 2 is 1.97 bits per heavy atom. The Hall–Kier alpha value is -1.67. The molecule has 3 N–H and O–H groups in total. The van der Waals surface area contributed by atoms with Crippen molar-refractivity contribution < 1.29 is 34.3 Å². The number of carbonyl (C=O) groups excluding carboxylic acids is 1. The van der Waals surface area contributed by atoms with Crippen LogP contribution < -0.4 is 4.74 Å². The van der Waals surface area contributed by atoms with Gasteiger partial charge in [0, 0.05) is 0 Å². The van der Waals surface area contributed by atoms with Gasteiger partial charge in [0.2, 0.25) is 0 Å². The molecule has 1 unspecified atom stereocenters. The number of aliphatic hydroxyl groups excluding tert-OH is 3. The molecule has 34 heavy (non-hydrogen) atoms. The third-order valence-corrected chi connectivity index (χ3v) is 7.60. The fourth-order valence-electron chi connectivity index (χ4n) is 5.76. The van der Waals surface area contributed by atoms with E-state index in [-0.39, 0.29) is 24.7 Å². The Labute approximate surface area is 203 Å². The molecule has 0 spiro atoms. The maximum atomic E-state index is 11.5. The lowest BCUT2D eigenvalue weighted by atomic mass is 9.73. The summed E-state index contributed by atoms with van der Waals surface area (Å²) in [5.41, 5.74) is 2.35. The smallest absolute Gasteiger partial charge is 0.334 e. The van der Waals surface area contributed by atoms with Crippen LogP contribution in [-0.4, -0.2) is 59.6 Å². The summed E-state index contributed by atoms with van der Waals surface area (Å²) in [6.45, 7) is 3.60. The van der Waals surface area contributed by atoms with Crippen molar-refractivity contribution in [3.63, 3.8) is 0 Å². The number of rotatable bonds is 13. The summed E-state index contributed by atoms with van der Waals surface area (Å²) < 4.78 is 15.7. The number of benzene rings is 1. The zero-order valence-corrected chi connectivity index (χ0v) is 20.8. The van der Waals surface area contributed by atoms with Gasteiger partial charge in [-0.1, -0.05) is 38.3 Å². The number of unbranched alkanes of at least 4 members (excludes halogenated alkanes) is 2. The molecule has 0 bridgehead atoms. The summed E-state index contributed by atoms with van der Waals surface area (Å²) in [6, 6.07) is 5.97. The van der Waals surface area contributed by atoms with Gasteiger partial charge in [0.15, 0.2) is 12.4 Å². The molecular weight excluding hydrogens is 436 g/mol. The molecule has 1 aromatic rings. The van der Waals surface area contributed by atoms with E-state index in [0.29, 0.717) is 17.6 Å². The largest absolute Gasteiger partial charge is 0.488 e. The zero-order valence-electron chi connectivity index (χ0n) is 20.8. The number of aliphatic hydroxyl groups is 3. The van der Waals surface area contributed by atoms with Crippen LogP contribution >= 0.6 is 0 Å². The number of fused-ring (bicyclic) bond motifs is 2. The van der Waals surface area contributed by atoms with E-state index < -0.39 is 18.4 Å². The van der Waals surface area contributed by atoms with E-state index >= 15 is 0 Å². The van der Waals surface area contributed by atoms with Gasteiger partial charge in [-0.25, -0.2) is 4.79 Å². The van der Waals surface area contributed by atoms with Crippen molar-refractivity contribution in [3.8, 4) is 5.75 Å². The molecule has 0 aliphatic heterocycles. The Bertz CT molecular complexity index is 782. The summed E-state index contributed by atoms with van der Waals surface area (Å²) in [7, 11) is 1.27. The second-order valence-corrected chi connectivity index (χ2v) is 9.99. The summed E-state index contributed by atoms with van der Waals surface area (Å²) in [5.74, 6) is 1.18. The fraction of sp³-hybridized carbons (Fsp3) is 0.741. The Balaban J connectivity index is 1.57. The van der Waals surface area contributed by atoms with Crippen LogP contribution in [0.5, 0.6) is 5.75 Å². The topological polar surface area (TPSA) is 105 Å². The molecule has 0 aromatic heterocycles. The van der Waals surface area contributed by atoms with Crippen LogP contribution in [0.2, 0.25) is 0 Å². The van der Waals surface area contributed by atoms with Crippen LogP contribution in [0.1, 0.15) is 69.9 Å². The number of ether oxygens (including phenoxy) is 3. The Kier molecular flexibility index (Phi) is 10.2. The molecule has 192 valence electrons. The highest BCUT2D eigenvalue weighted by molar-refractivity contribution is 5.73. The maximum Gasteiger partial charge on any atom is 0.334 e. The normalized spacial score (nSPS) is 26.3. The van der Waals surface area contributed by atoms with Gasteiger partial charge in [0.05, 0.1) is 19.3 Å². The zero-order chi connectivity index (χ0) is 24.7. The summed E-state index contributed by atoms with van der Waals surface area (Å²) in [5, 5.41) is 31.3. The second kappa shape index (κ2) is 12.9. The molecule has 0 heterocycles. The van der Waals surface area contributed by atoms with E-state index in [1.54, 1.807) is 0 Å². The monoisotopic (exact) mass is 478 g/mol. The van der Waals surface area contributed by atoms with E-state index in [9.17, 15) is 20.1 Å². The lowest BCUT2D eigenvalue weighted by molar-refractivity contribution is -0.180. The minimum atomic E-state index is -1.25. The predicted octanol–water partition coefficient (Wildman–Crippen LogP) is 3.40. The Morgan fingerprint density at radius 3 is 2.71 bits per heavy atom. The molecule has 0 amide bonds. The highest BCUT2D eigenvalue weighted by Crippen LogP contribution is 2.48. The van der Waals surface area contributed by atoms with Gasteiger partial charge in [-0.2, -0.15) is 0 Å². The standard InChI is InChI=1S/C27H42O7/c1-4-5-6-9-20(28)11-12-21-22-13-18-8-7-10-25(23(18)14-19(22)15-24(21)29)33-16-26(30)34-17(2)27(31)32-3/h7-8,10,17,19-22,24,26,28-30H,4-6,9,11-16H2,1-3H3/t17-,19+,20-,21-,22+,24-,26?/m1/s1. The van der Waals surface area contributed by atoms with Gasteiger partial charge in [-0.15, -0.1) is 0 Å².